The van der Waals surface area contributed by atoms with Crippen LogP contribution in [0.3, 0.4) is 0 Å². The summed E-state index contributed by atoms with van der Waals surface area (Å²) >= 11 is 1.65. The molecule has 0 unspecified atom stereocenters. The Balaban J connectivity index is 1.38. The zero-order valence-corrected chi connectivity index (χ0v) is 14.8. The first-order chi connectivity index (χ1) is 11.7. The lowest BCUT2D eigenvalue weighted by Gasteiger charge is -2.39. The van der Waals surface area contributed by atoms with Crippen molar-refractivity contribution < 1.29 is 9.59 Å². The number of hydrogen-bond acceptors (Lipinski definition) is 4. The van der Waals surface area contributed by atoms with Crippen molar-refractivity contribution in [1.82, 2.24) is 14.8 Å². The number of carbonyl (C=O) groups excluding carboxylic acids is 2. The van der Waals surface area contributed by atoms with Crippen molar-refractivity contribution in [2.75, 3.05) is 19.6 Å². The lowest BCUT2D eigenvalue weighted by Crippen LogP contribution is -2.47. The van der Waals surface area contributed by atoms with Gasteiger partial charge in [0, 0.05) is 43.0 Å². The molecule has 1 aromatic rings. The molecule has 24 heavy (non-hydrogen) atoms. The molecule has 3 heterocycles. The van der Waals surface area contributed by atoms with Crippen molar-refractivity contribution in [2.45, 2.75) is 51.0 Å². The van der Waals surface area contributed by atoms with E-state index in [1.165, 1.54) is 6.42 Å². The topological polar surface area (TPSA) is 53.5 Å². The highest BCUT2D eigenvalue weighted by Gasteiger charge is 2.38. The van der Waals surface area contributed by atoms with Crippen LogP contribution < -0.4 is 0 Å². The molecule has 0 spiro atoms. The molecule has 0 N–H and O–H groups in total. The minimum absolute atomic E-state index is 0.0776. The maximum Gasteiger partial charge on any atom is 0.226 e. The molecule has 130 valence electrons. The summed E-state index contributed by atoms with van der Waals surface area (Å²) in [5, 5.41) is 3.07. The van der Waals surface area contributed by atoms with Crippen molar-refractivity contribution in [1.29, 1.82) is 0 Å². The number of carbonyl (C=O) groups is 2. The Morgan fingerprint density at radius 1 is 0.958 bits per heavy atom. The van der Waals surface area contributed by atoms with Crippen molar-refractivity contribution in [3.05, 3.63) is 16.6 Å². The molecule has 3 fully saturated rings. The zero-order valence-electron chi connectivity index (χ0n) is 14.0. The van der Waals surface area contributed by atoms with Gasteiger partial charge in [-0.05, 0) is 44.9 Å². The van der Waals surface area contributed by atoms with E-state index in [-0.39, 0.29) is 23.8 Å². The number of piperidine rings is 2. The third-order valence-electron chi connectivity index (χ3n) is 5.60. The second-order valence-electron chi connectivity index (χ2n) is 7.29. The second-order valence-corrected chi connectivity index (χ2v) is 8.21. The highest BCUT2D eigenvalue weighted by atomic mass is 32.1. The van der Waals surface area contributed by atoms with Gasteiger partial charge in [-0.2, -0.15) is 0 Å². The van der Waals surface area contributed by atoms with E-state index in [2.05, 4.69) is 9.88 Å². The van der Waals surface area contributed by atoms with Crippen molar-refractivity contribution >= 4 is 23.2 Å². The lowest BCUT2D eigenvalue weighted by molar-refractivity contribution is -0.144. The first-order valence-corrected chi connectivity index (χ1v) is 10.1. The number of amides is 2. The van der Waals surface area contributed by atoms with E-state index in [1.807, 2.05) is 16.5 Å². The highest BCUT2D eigenvalue weighted by Crippen LogP contribution is 2.36. The molecule has 4 rings (SSSR count). The molecule has 1 aliphatic carbocycles. The van der Waals surface area contributed by atoms with E-state index >= 15 is 0 Å². The molecular weight excluding hydrogens is 322 g/mol. The van der Waals surface area contributed by atoms with Crippen LogP contribution in [0.2, 0.25) is 0 Å². The van der Waals surface area contributed by atoms with Gasteiger partial charge in [0.25, 0.3) is 0 Å². The molecule has 2 aliphatic heterocycles. The largest absolute Gasteiger partial charge is 0.342 e. The third kappa shape index (κ3) is 3.21. The number of thiazole rings is 1. The van der Waals surface area contributed by atoms with Gasteiger partial charge in [0.15, 0.2) is 0 Å². The summed E-state index contributed by atoms with van der Waals surface area (Å²) in [6, 6.07) is 0.164. The van der Waals surface area contributed by atoms with E-state index in [4.69, 9.17) is 0 Å². The Bertz CT molecular complexity index is 591. The Morgan fingerprint density at radius 3 is 2.38 bits per heavy atom. The van der Waals surface area contributed by atoms with Crippen LogP contribution in [-0.4, -0.2) is 46.2 Å². The molecule has 1 atom stereocenters. The number of nitrogens with zero attached hydrogens (tertiary/aromatic N) is 3. The summed E-state index contributed by atoms with van der Waals surface area (Å²) in [4.78, 5) is 33.8. The SMILES string of the molecule is O=C(C1CC1)N1CCC(C(=O)N2CCCC[C@H]2c2nccs2)CC1. The van der Waals surface area contributed by atoms with Gasteiger partial charge in [-0.15, -0.1) is 11.3 Å². The Kier molecular flexibility index (Phi) is 4.57. The minimum atomic E-state index is 0.0776. The zero-order chi connectivity index (χ0) is 16.5. The van der Waals surface area contributed by atoms with Crippen LogP contribution in [0.1, 0.15) is 56.0 Å². The van der Waals surface area contributed by atoms with E-state index < -0.39 is 0 Å². The molecule has 5 nitrogen and oxygen atoms in total. The summed E-state index contributed by atoms with van der Waals surface area (Å²) in [5.74, 6) is 0.968. The van der Waals surface area contributed by atoms with Crippen LogP contribution in [0.4, 0.5) is 0 Å². The summed E-state index contributed by atoms with van der Waals surface area (Å²) in [6.07, 6.45) is 8.87. The molecular formula is C18H25N3O2S. The second kappa shape index (κ2) is 6.82. The van der Waals surface area contributed by atoms with Crippen LogP contribution >= 0.6 is 11.3 Å². The van der Waals surface area contributed by atoms with Gasteiger partial charge in [0.2, 0.25) is 11.8 Å². The fraction of sp³-hybridized carbons (Fsp3) is 0.722. The monoisotopic (exact) mass is 347 g/mol. The molecule has 0 bridgehead atoms. The Morgan fingerprint density at radius 2 is 1.71 bits per heavy atom. The molecule has 1 saturated carbocycles. The molecule has 0 aromatic carbocycles. The maximum atomic E-state index is 13.1. The van der Waals surface area contributed by atoms with Gasteiger partial charge in [-0.3, -0.25) is 9.59 Å². The van der Waals surface area contributed by atoms with Crippen molar-refractivity contribution in [3.8, 4) is 0 Å². The number of likely N-dealkylation sites (tertiary alicyclic amines) is 2. The van der Waals surface area contributed by atoms with Crippen molar-refractivity contribution in [3.63, 3.8) is 0 Å². The Hall–Kier alpha value is -1.43. The van der Waals surface area contributed by atoms with Crippen LogP contribution in [0.25, 0.3) is 0 Å². The lowest BCUT2D eigenvalue weighted by atomic mass is 9.92. The normalized spacial score (nSPS) is 25.8. The number of hydrogen-bond donors (Lipinski definition) is 0. The molecule has 2 saturated heterocycles. The van der Waals surface area contributed by atoms with Gasteiger partial charge in [-0.1, -0.05) is 0 Å². The number of rotatable bonds is 3. The summed E-state index contributed by atoms with van der Waals surface area (Å²) in [6.45, 7) is 2.35. The fourth-order valence-electron chi connectivity index (χ4n) is 4.02. The van der Waals surface area contributed by atoms with Gasteiger partial charge in [-0.25, -0.2) is 4.98 Å². The molecule has 3 aliphatic rings. The van der Waals surface area contributed by atoms with Gasteiger partial charge in [0.1, 0.15) is 5.01 Å². The van der Waals surface area contributed by atoms with E-state index in [9.17, 15) is 9.59 Å². The summed E-state index contributed by atoms with van der Waals surface area (Å²) in [5.41, 5.74) is 0. The van der Waals surface area contributed by atoms with Crippen LogP contribution in [0, 0.1) is 11.8 Å². The summed E-state index contributed by atoms with van der Waals surface area (Å²) < 4.78 is 0. The minimum Gasteiger partial charge on any atom is -0.342 e. The highest BCUT2D eigenvalue weighted by molar-refractivity contribution is 7.09. The smallest absolute Gasteiger partial charge is 0.226 e. The van der Waals surface area contributed by atoms with Gasteiger partial charge < -0.3 is 9.80 Å². The fourth-order valence-corrected chi connectivity index (χ4v) is 4.81. The maximum absolute atomic E-state index is 13.1. The van der Waals surface area contributed by atoms with Crippen molar-refractivity contribution in [2.24, 2.45) is 11.8 Å². The van der Waals surface area contributed by atoms with Gasteiger partial charge >= 0.3 is 0 Å². The Labute approximate surface area is 147 Å². The standard InChI is InChI=1S/C18H25N3O2S/c22-17(13-4-5-13)20-10-6-14(7-11-20)18(23)21-9-2-1-3-15(21)16-19-8-12-24-16/h8,12-15H,1-7,9-11H2/t15-/m0/s1. The molecule has 2 amide bonds. The van der Waals surface area contributed by atoms with Crippen LogP contribution in [0.15, 0.2) is 11.6 Å². The predicted molar refractivity (Wildman–Crippen MR) is 92.4 cm³/mol. The molecule has 1 aromatic heterocycles. The van der Waals surface area contributed by atoms with E-state index in [0.29, 0.717) is 5.91 Å². The summed E-state index contributed by atoms with van der Waals surface area (Å²) in [7, 11) is 0. The first kappa shape index (κ1) is 16.1. The van der Waals surface area contributed by atoms with E-state index in [1.54, 1.807) is 11.3 Å². The van der Waals surface area contributed by atoms with Gasteiger partial charge in [0.05, 0.1) is 6.04 Å². The quantitative estimate of drug-likeness (QED) is 0.845. The average molecular weight is 347 g/mol. The average Bonchev–Trinajstić information content (AvgIpc) is 3.35. The molecule has 0 radical (unpaired) electrons. The predicted octanol–water partition coefficient (Wildman–Crippen LogP) is 2.85. The third-order valence-corrected chi connectivity index (χ3v) is 6.48. The first-order valence-electron chi connectivity index (χ1n) is 9.22. The van der Waals surface area contributed by atoms with Crippen LogP contribution in [0.5, 0.6) is 0 Å². The number of aromatic nitrogens is 1. The molecule has 6 heteroatoms. The van der Waals surface area contributed by atoms with E-state index in [0.717, 1.165) is 63.2 Å². The van der Waals surface area contributed by atoms with Crippen LogP contribution in [-0.2, 0) is 9.59 Å².